The fourth-order valence-corrected chi connectivity index (χ4v) is 4.75. The molecule has 0 unspecified atom stereocenters. The third kappa shape index (κ3) is 4.95. The summed E-state index contributed by atoms with van der Waals surface area (Å²) in [4.78, 5) is 17.0. The summed E-state index contributed by atoms with van der Waals surface area (Å²) in [5, 5.41) is 2.74. The standard InChI is InChI=1S/C19H26N4O5S/c1-22-14-15(29(25,26)23-9-4-3-5-10-23)13-17(22)18(24)21-16-7-6-8-20-19(16)28-12-11-27-2/h6-8,13-14H,3-5,9-12H2,1-2H3,(H,21,24). The molecule has 0 saturated carbocycles. The molecule has 2 aromatic rings. The predicted octanol–water partition coefficient (Wildman–Crippen LogP) is 1.87. The first-order chi connectivity index (χ1) is 13.9. The van der Waals surface area contributed by atoms with Crippen LogP contribution in [0.15, 0.2) is 35.5 Å². The molecule has 0 atom stereocenters. The molecule has 0 spiro atoms. The van der Waals surface area contributed by atoms with E-state index in [0.29, 0.717) is 32.0 Å². The van der Waals surface area contributed by atoms with E-state index in [0.717, 1.165) is 19.3 Å². The summed E-state index contributed by atoms with van der Waals surface area (Å²) in [7, 11) is -0.404. The largest absolute Gasteiger partial charge is 0.474 e. The predicted molar refractivity (Wildman–Crippen MR) is 108 cm³/mol. The lowest BCUT2D eigenvalue weighted by molar-refractivity contribution is 0.101. The van der Waals surface area contributed by atoms with Crippen LogP contribution in [-0.4, -0.2) is 61.6 Å². The Kier molecular flexibility index (Phi) is 6.88. The van der Waals surface area contributed by atoms with Gasteiger partial charge in [-0.15, -0.1) is 0 Å². The van der Waals surface area contributed by atoms with Gasteiger partial charge in [-0.3, -0.25) is 4.79 Å². The molecule has 2 aromatic heterocycles. The molecule has 29 heavy (non-hydrogen) atoms. The van der Waals surface area contributed by atoms with Gasteiger partial charge in [0.15, 0.2) is 0 Å². The second-order valence-corrected chi connectivity index (χ2v) is 8.73. The van der Waals surface area contributed by atoms with Crippen molar-refractivity contribution in [3.05, 3.63) is 36.3 Å². The van der Waals surface area contributed by atoms with Gasteiger partial charge in [0.2, 0.25) is 15.9 Å². The van der Waals surface area contributed by atoms with E-state index >= 15 is 0 Å². The number of piperidine rings is 1. The maximum absolute atomic E-state index is 12.9. The smallest absolute Gasteiger partial charge is 0.272 e. The summed E-state index contributed by atoms with van der Waals surface area (Å²) in [5.41, 5.74) is 0.627. The average molecular weight is 423 g/mol. The van der Waals surface area contributed by atoms with E-state index in [1.165, 1.54) is 21.1 Å². The van der Waals surface area contributed by atoms with Crippen LogP contribution in [0.5, 0.6) is 5.88 Å². The maximum Gasteiger partial charge on any atom is 0.272 e. The second kappa shape index (κ2) is 9.38. The molecular weight excluding hydrogens is 396 g/mol. The first kappa shape index (κ1) is 21.3. The van der Waals surface area contributed by atoms with Gasteiger partial charge in [0.1, 0.15) is 22.9 Å². The molecule has 1 aliphatic rings. The minimum atomic E-state index is -3.61. The van der Waals surface area contributed by atoms with Crippen molar-refractivity contribution in [1.29, 1.82) is 0 Å². The van der Waals surface area contributed by atoms with Crippen molar-refractivity contribution in [2.75, 3.05) is 38.7 Å². The maximum atomic E-state index is 12.9. The second-order valence-electron chi connectivity index (χ2n) is 6.79. The fourth-order valence-electron chi connectivity index (χ4n) is 3.16. The zero-order valence-corrected chi connectivity index (χ0v) is 17.4. The molecule has 0 aliphatic carbocycles. The first-order valence-electron chi connectivity index (χ1n) is 9.48. The summed E-state index contributed by atoms with van der Waals surface area (Å²) < 4.78 is 39.2. The highest BCUT2D eigenvalue weighted by molar-refractivity contribution is 7.89. The Balaban J connectivity index is 1.77. The third-order valence-corrected chi connectivity index (χ3v) is 6.57. The van der Waals surface area contributed by atoms with Gasteiger partial charge < -0.3 is 19.4 Å². The molecule has 0 aromatic carbocycles. The molecule has 1 N–H and O–H groups in total. The number of aryl methyl sites for hydroxylation is 1. The average Bonchev–Trinajstić information content (AvgIpc) is 3.13. The van der Waals surface area contributed by atoms with Crippen molar-refractivity contribution in [2.45, 2.75) is 24.2 Å². The summed E-state index contributed by atoms with van der Waals surface area (Å²) in [5.74, 6) is -0.176. The van der Waals surface area contributed by atoms with Gasteiger partial charge in [0.25, 0.3) is 5.91 Å². The van der Waals surface area contributed by atoms with E-state index in [4.69, 9.17) is 9.47 Å². The Hall–Kier alpha value is -2.43. The van der Waals surface area contributed by atoms with Gasteiger partial charge in [-0.2, -0.15) is 4.31 Å². The first-order valence-corrected chi connectivity index (χ1v) is 10.9. The molecule has 0 radical (unpaired) electrons. The van der Waals surface area contributed by atoms with Crippen LogP contribution in [0.3, 0.4) is 0 Å². The third-order valence-electron chi connectivity index (χ3n) is 4.71. The summed E-state index contributed by atoms with van der Waals surface area (Å²) >= 11 is 0. The molecular formula is C19H26N4O5S. The topological polar surface area (TPSA) is 103 Å². The van der Waals surface area contributed by atoms with Crippen molar-refractivity contribution < 1.29 is 22.7 Å². The van der Waals surface area contributed by atoms with E-state index in [9.17, 15) is 13.2 Å². The van der Waals surface area contributed by atoms with Crippen LogP contribution in [0.1, 0.15) is 29.8 Å². The van der Waals surface area contributed by atoms with Crippen LogP contribution in [0, 0.1) is 0 Å². The number of carbonyl (C=O) groups is 1. The fraction of sp³-hybridized carbons (Fsp3) is 0.474. The highest BCUT2D eigenvalue weighted by atomic mass is 32.2. The van der Waals surface area contributed by atoms with Crippen molar-refractivity contribution in [1.82, 2.24) is 13.9 Å². The van der Waals surface area contributed by atoms with Gasteiger partial charge in [-0.05, 0) is 31.0 Å². The van der Waals surface area contributed by atoms with Crippen LogP contribution in [0.2, 0.25) is 0 Å². The van der Waals surface area contributed by atoms with Crippen LogP contribution in [0.25, 0.3) is 0 Å². The van der Waals surface area contributed by atoms with Crippen molar-refractivity contribution in [2.24, 2.45) is 7.05 Å². The number of rotatable bonds is 8. The highest BCUT2D eigenvalue weighted by Gasteiger charge is 2.28. The van der Waals surface area contributed by atoms with Crippen LogP contribution < -0.4 is 10.1 Å². The van der Waals surface area contributed by atoms with E-state index < -0.39 is 15.9 Å². The van der Waals surface area contributed by atoms with Crippen LogP contribution >= 0.6 is 0 Å². The number of methoxy groups -OCH3 is 1. The molecule has 9 nitrogen and oxygen atoms in total. The molecule has 0 bridgehead atoms. The molecule has 10 heteroatoms. The van der Waals surface area contributed by atoms with Crippen molar-refractivity contribution in [3.63, 3.8) is 0 Å². The zero-order chi connectivity index (χ0) is 20.9. The summed E-state index contributed by atoms with van der Waals surface area (Å²) in [6.07, 6.45) is 5.77. The Bertz CT molecular complexity index is 951. The Labute approximate surface area is 170 Å². The monoisotopic (exact) mass is 422 g/mol. The van der Waals surface area contributed by atoms with Crippen molar-refractivity contribution >= 4 is 21.6 Å². The minimum Gasteiger partial charge on any atom is -0.474 e. The number of ether oxygens (including phenoxy) is 2. The molecule has 3 rings (SSSR count). The SMILES string of the molecule is COCCOc1ncccc1NC(=O)c1cc(S(=O)(=O)N2CCCCC2)cn1C. The molecule has 1 amide bonds. The van der Waals surface area contributed by atoms with Gasteiger partial charge in [-0.1, -0.05) is 6.42 Å². The van der Waals surface area contributed by atoms with E-state index in [1.54, 1.807) is 32.5 Å². The van der Waals surface area contributed by atoms with Gasteiger partial charge in [0.05, 0.1) is 6.61 Å². The normalized spacial score (nSPS) is 15.2. The lowest BCUT2D eigenvalue weighted by Gasteiger charge is -2.25. The van der Waals surface area contributed by atoms with E-state index in [-0.39, 0.29) is 16.5 Å². The number of hydrogen-bond acceptors (Lipinski definition) is 6. The molecule has 158 valence electrons. The summed E-state index contributed by atoms with van der Waals surface area (Å²) in [6.45, 7) is 1.70. The number of anilines is 1. The number of aromatic nitrogens is 2. The van der Waals surface area contributed by atoms with E-state index in [2.05, 4.69) is 10.3 Å². The minimum absolute atomic E-state index is 0.120. The number of carbonyl (C=O) groups excluding carboxylic acids is 1. The lowest BCUT2D eigenvalue weighted by Crippen LogP contribution is -2.35. The number of hydrogen-bond donors (Lipinski definition) is 1. The highest BCUT2D eigenvalue weighted by Crippen LogP contribution is 2.24. The number of amides is 1. The zero-order valence-electron chi connectivity index (χ0n) is 16.6. The number of nitrogens with zero attached hydrogens (tertiary/aromatic N) is 3. The van der Waals surface area contributed by atoms with Gasteiger partial charge >= 0.3 is 0 Å². The van der Waals surface area contributed by atoms with E-state index in [1.807, 2.05) is 0 Å². The lowest BCUT2D eigenvalue weighted by atomic mass is 10.2. The Morgan fingerprint density at radius 1 is 1.24 bits per heavy atom. The molecule has 1 fully saturated rings. The van der Waals surface area contributed by atoms with Gasteiger partial charge in [0, 0.05) is 39.6 Å². The summed E-state index contributed by atoms with van der Waals surface area (Å²) in [6, 6.07) is 4.75. The van der Waals surface area contributed by atoms with Crippen LogP contribution in [-0.2, 0) is 21.8 Å². The Morgan fingerprint density at radius 2 is 2.00 bits per heavy atom. The molecule has 1 aliphatic heterocycles. The number of pyridine rings is 1. The van der Waals surface area contributed by atoms with Gasteiger partial charge in [-0.25, -0.2) is 13.4 Å². The number of nitrogens with one attached hydrogen (secondary N) is 1. The number of sulfonamides is 1. The quantitative estimate of drug-likeness (QED) is 0.652. The van der Waals surface area contributed by atoms with Crippen LogP contribution in [0.4, 0.5) is 5.69 Å². The van der Waals surface area contributed by atoms with Crippen molar-refractivity contribution in [3.8, 4) is 5.88 Å². The molecule has 3 heterocycles. The molecule has 1 saturated heterocycles. The Morgan fingerprint density at radius 3 is 2.72 bits per heavy atom.